The second kappa shape index (κ2) is 11.8. The normalized spacial score (nSPS) is 19.1. The highest BCUT2D eigenvalue weighted by molar-refractivity contribution is 9.11. The summed E-state index contributed by atoms with van der Waals surface area (Å²) in [6, 6.07) is 19.4. The van der Waals surface area contributed by atoms with Gasteiger partial charge in [0.15, 0.2) is 0 Å². The van der Waals surface area contributed by atoms with E-state index in [9.17, 15) is 0 Å². The van der Waals surface area contributed by atoms with E-state index in [1.807, 2.05) is 0 Å². The summed E-state index contributed by atoms with van der Waals surface area (Å²) in [5, 5.41) is 4.87. The molecule has 0 radical (unpaired) electrons. The van der Waals surface area contributed by atoms with Crippen LogP contribution >= 0.6 is 15.9 Å². The predicted octanol–water partition coefficient (Wildman–Crippen LogP) is 6.60. The van der Waals surface area contributed by atoms with E-state index in [2.05, 4.69) is 101 Å². The first-order valence-corrected chi connectivity index (χ1v) is 13.0. The maximum Gasteiger partial charge on any atom is 0.139 e. The number of benzene rings is 2. The van der Waals surface area contributed by atoms with Crippen LogP contribution in [0.5, 0.6) is 0 Å². The zero-order chi connectivity index (χ0) is 23.0. The van der Waals surface area contributed by atoms with Crippen molar-refractivity contribution in [1.29, 1.82) is 0 Å². The van der Waals surface area contributed by atoms with Crippen molar-refractivity contribution in [2.75, 3.05) is 25.5 Å². The number of aromatic nitrogens is 2. The second-order valence-electron chi connectivity index (χ2n) is 9.37. The van der Waals surface area contributed by atoms with Crippen molar-refractivity contribution in [3.05, 3.63) is 70.5 Å². The molecule has 174 valence electrons. The van der Waals surface area contributed by atoms with Gasteiger partial charge in [-0.1, -0.05) is 64.8 Å². The lowest BCUT2D eigenvalue weighted by atomic mass is 9.83. The number of nitrogens with one attached hydrogen (secondary N) is 1. The number of para-hydroxylation sites is 1. The first kappa shape index (κ1) is 23.9. The number of nitrogens with zero attached hydrogens (tertiary/aromatic N) is 3. The van der Waals surface area contributed by atoms with E-state index in [0.717, 1.165) is 41.4 Å². The molecule has 1 aliphatic carbocycles. The number of hydrogen-bond donors (Lipinski definition) is 1. The zero-order valence-corrected chi connectivity index (χ0v) is 21.4. The van der Waals surface area contributed by atoms with E-state index in [-0.39, 0.29) is 0 Å². The molecule has 1 saturated carbocycles. The van der Waals surface area contributed by atoms with Gasteiger partial charge in [0.25, 0.3) is 0 Å². The molecule has 0 spiro atoms. The maximum absolute atomic E-state index is 4.86. The first-order chi connectivity index (χ1) is 16.1. The molecule has 33 heavy (non-hydrogen) atoms. The van der Waals surface area contributed by atoms with Crippen LogP contribution in [0.25, 0.3) is 17.0 Å². The van der Waals surface area contributed by atoms with Gasteiger partial charge in [0.05, 0.1) is 5.52 Å². The minimum Gasteiger partial charge on any atom is -0.362 e. The lowest BCUT2D eigenvalue weighted by Crippen LogP contribution is -2.33. The number of halogens is 1. The zero-order valence-electron chi connectivity index (χ0n) is 19.8. The first-order valence-electron chi connectivity index (χ1n) is 12.2. The summed E-state index contributed by atoms with van der Waals surface area (Å²) in [5.41, 5.74) is 2.29. The van der Waals surface area contributed by atoms with E-state index in [1.54, 1.807) is 0 Å². The van der Waals surface area contributed by atoms with Gasteiger partial charge in [-0.3, -0.25) is 0 Å². The Morgan fingerprint density at radius 3 is 2.48 bits per heavy atom. The molecule has 0 atom stereocenters. The molecule has 0 aliphatic heterocycles. The molecule has 1 heterocycles. The van der Waals surface area contributed by atoms with Gasteiger partial charge in [-0.05, 0) is 61.8 Å². The molecule has 4 nitrogen and oxygen atoms in total. The summed E-state index contributed by atoms with van der Waals surface area (Å²) in [6.45, 7) is 0.901. The molecule has 4 rings (SSSR count). The van der Waals surface area contributed by atoms with Crippen LogP contribution in [0.1, 0.15) is 49.9 Å². The van der Waals surface area contributed by atoms with Crippen LogP contribution in [0.15, 0.2) is 59.1 Å². The highest BCUT2D eigenvalue weighted by Crippen LogP contribution is 2.29. The lowest BCUT2D eigenvalue weighted by molar-refractivity contribution is 0.280. The van der Waals surface area contributed by atoms with Gasteiger partial charge in [0.1, 0.15) is 11.6 Å². The van der Waals surface area contributed by atoms with Crippen LogP contribution < -0.4 is 10.2 Å². The van der Waals surface area contributed by atoms with E-state index in [4.69, 9.17) is 9.97 Å². The molecule has 5 heteroatoms. The van der Waals surface area contributed by atoms with Crippen molar-refractivity contribution >= 4 is 38.7 Å². The Balaban J connectivity index is 1.21. The van der Waals surface area contributed by atoms with Crippen molar-refractivity contribution in [3.8, 4) is 0 Å². The summed E-state index contributed by atoms with van der Waals surface area (Å²) in [5.74, 6) is 2.83. The Hall–Kier alpha value is -2.24. The van der Waals surface area contributed by atoms with Gasteiger partial charge in [-0.2, -0.15) is 0 Å². The average molecular weight is 508 g/mol. The fraction of sp³-hybridized carbons (Fsp3) is 0.429. The van der Waals surface area contributed by atoms with Crippen LogP contribution in [0.3, 0.4) is 0 Å². The Morgan fingerprint density at radius 2 is 1.73 bits per heavy atom. The third-order valence-electron chi connectivity index (χ3n) is 6.60. The Labute approximate surface area is 206 Å². The van der Waals surface area contributed by atoms with Crippen molar-refractivity contribution in [1.82, 2.24) is 15.3 Å². The summed E-state index contributed by atoms with van der Waals surface area (Å²) in [6.07, 6.45) is 10.8. The van der Waals surface area contributed by atoms with Crippen molar-refractivity contribution in [2.24, 2.45) is 5.92 Å². The second-order valence-corrected chi connectivity index (χ2v) is 10.4. The molecule has 1 fully saturated rings. The highest BCUT2D eigenvalue weighted by atomic mass is 79.9. The Bertz CT molecular complexity index is 1060. The van der Waals surface area contributed by atoms with E-state index in [1.165, 1.54) is 48.6 Å². The number of rotatable bonds is 9. The van der Waals surface area contributed by atoms with E-state index >= 15 is 0 Å². The summed E-state index contributed by atoms with van der Waals surface area (Å²) in [7, 11) is 4.11. The molecule has 0 bridgehead atoms. The fourth-order valence-electron chi connectivity index (χ4n) is 4.79. The molecule has 0 saturated heterocycles. The van der Waals surface area contributed by atoms with Crippen molar-refractivity contribution in [2.45, 2.75) is 51.0 Å². The van der Waals surface area contributed by atoms with Gasteiger partial charge in [-0.25, -0.2) is 9.97 Å². The molecule has 1 aliphatic rings. The third kappa shape index (κ3) is 6.87. The van der Waals surface area contributed by atoms with Gasteiger partial charge >= 0.3 is 0 Å². The molecular weight excluding hydrogens is 472 g/mol. The maximum atomic E-state index is 4.86. The van der Waals surface area contributed by atoms with Crippen LogP contribution in [0, 0.1) is 5.92 Å². The summed E-state index contributed by atoms with van der Waals surface area (Å²) < 4.78 is 1.21. The van der Waals surface area contributed by atoms with Gasteiger partial charge in [-0.15, -0.1) is 0 Å². The molecule has 1 N–H and O–H groups in total. The van der Waals surface area contributed by atoms with Crippen LogP contribution in [-0.4, -0.2) is 36.6 Å². The molecule has 0 unspecified atom stereocenters. The van der Waals surface area contributed by atoms with Crippen molar-refractivity contribution < 1.29 is 0 Å². The molecule has 2 aromatic carbocycles. The Morgan fingerprint density at radius 1 is 1.00 bits per heavy atom. The Kier molecular flexibility index (Phi) is 8.51. The predicted molar refractivity (Wildman–Crippen MR) is 144 cm³/mol. The number of hydrogen-bond acceptors (Lipinski definition) is 4. The van der Waals surface area contributed by atoms with Crippen LogP contribution in [0.2, 0.25) is 0 Å². The largest absolute Gasteiger partial charge is 0.362 e. The lowest BCUT2D eigenvalue weighted by Gasteiger charge is -2.29. The van der Waals surface area contributed by atoms with Gasteiger partial charge in [0, 0.05) is 43.0 Å². The SMILES string of the molecule is CN(C)c1nc(CCCC2CCC(NC/C(Br)=C/c3ccccc3)CC2)nc2ccccc12. The standard InChI is InChI=1S/C28H35BrN4/c1-33(2)28-25-12-6-7-13-26(25)31-27(32-28)14-8-11-21-15-17-24(18-16-21)30-20-23(29)19-22-9-4-3-5-10-22/h3-7,9-10,12-13,19,21,24,30H,8,11,14-18,20H2,1-2H3/b23-19-. The fourth-order valence-corrected chi connectivity index (χ4v) is 5.21. The minimum atomic E-state index is 0.629. The molecule has 0 amide bonds. The molecule has 1 aromatic heterocycles. The van der Waals surface area contributed by atoms with Gasteiger partial charge < -0.3 is 10.2 Å². The quantitative estimate of drug-likeness (QED) is 0.354. The molecule has 3 aromatic rings. The highest BCUT2D eigenvalue weighted by Gasteiger charge is 2.21. The van der Waals surface area contributed by atoms with E-state index in [0.29, 0.717) is 6.04 Å². The summed E-state index contributed by atoms with van der Waals surface area (Å²) in [4.78, 5) is 11.8. The monoisotopic (exact) mass is 506 g/mol. The van der Waals surface area contributed by atoms with Crippen LogP contribution in [0.4, 0.5) is 5.82 Å². The minimum absolute atomic E-state index is 0.629. The third-order valence-corrected chi connectivity index (χ3v) is 7.10. The summed E-state index contributed by atoms with van der Waals surface area (Å²) >= 11 is 3.72. The number of aryl methyl sites for hydroxylation is 1. The van der Waals surface area contributed by atoms with Crippen molar-refractivity contribution in [3.63, 3.8) is 0 Å². The smallest absolute Gasteiger partial charge is 0.139 e. The van der Waals surface area contributed by atoms with Gasteiger partial charge in [0.2, 0.25) is 0 Å². The van der Waals surface area contributed by atoms with Crippen LogP contribution in [-0.2, 0) is 6.42 Å². The number of anilines is 1. The molecular formula is C28H35BrN4. The topological polar surface area (TPSA) is 41.1 Å². The average Bonchev–Trinajstić information content (AvgIpc) is 2.83. The van der Waals surface area contributed by atoms with E-state index < -0.39 is 0 Å². The number of fused-ring (bicyclic) bond motifs is 1.